The first-order valence-electron chi connectivity index (χ1n) is 9.34. The Balaban J connectivity index is 1.75. The molecule has 1 aliphatic rings. The molecular weight excluding hydrogens is 328 g/mol. The minimum Gasteiger partial charge on any atom is -0.339 e. The fraction of sp³-hybridized carbons (Fsp3) is 0.550. The van der Waals surface area contributed by atoms with Crippen molar-refractivity contribution in [2.45, 2.75) is 33.6 Å². The monoisotopic (exact) mass is 356 g/mol. The predicted molar refractivity (Wildman–Crippen MR) is 102 cm³/mol. The molecule has 1 aliphatic heterocycles. The van der Waals surface area contributed by atoms with Crippen LogP contribution in [0.4, 0.5) is 0 Å². The number of carbonyl (C=O) groups excluding carboxylic acids is 2. The van der Waals surface area contributed by atoms with Crippen molar-refractivity contribution in [3.8, 4) is 0 Å². The number of benzene rings is 1. The van der Waals surface area contributed by atoms with E-state index in [9.17, 15) is 9.59 Å². The lowest BCUT2D eigenvalue weighted by atomic mass is 10.1. The normalized spacial score (nSPS) is 15.3. The molecule has 1 aromatic heterocycles. The van der Waals surface area contributed by atoms with Gasteiger partial charge in [0.15, 0.2) is 0 Å². The molecule has 0 N–H and O–H groups in total. The number of carbonyl (C=O) groups is 2. The Hall–Kier alpha value is -2.37. The van der Waals surface area contributed by atoms with Crippen LogP contribution in [0.5, 0.6) is 0 Å². The van der Waals surface area contributed by atoms with Crippen LogP contribution in [0.3, 0.4) is 0 Å². The smallest absolute Gasteiger partial charge is 0.254 e. The summed E-state index contributed by atoms with van der Waals surface area (Å²) < 4.78 is 2.09. The van der Waals surface area contributed by atoms with Crippen molar-refractivity contribution in [2.75, 3.05) is 26.2 Å². The van der Waals surface area contributed by atoms with Gasteiger partial charge in [0.05, 0.1) is 11.0 Å². The van der Waals surface area contributed by atoms with Crippen LogP contribution in [0.2, 0.25) is 0 Å². The molecule has 0 atom stereocenters. The number of amides is 2. The van der Waals surface area contributed by atoms with E-state index in [0.29, 0.717) is 37.7 Å². The van der Waals surface area contributed by atoms with E-state index >= 15 is 0 Å². The topological polar surface area (TPSA) is 58.4 Å². The van der Waals surface area contributed by atoms with Crippen LogP contribution in [-0.2, 0) is 11.8 Å². The summed E-state index contributed by atoms with van der Waals surface area (Å²) in [5.41, 5.74) is 2.56. The van der Waals surface area contributed by atoms with Gasteiger partial charge in [-0.15, -0.1) is 0 Å². The van der Waals surface area contributed by atoms with Crippen LogP contribution in [0.1, 0.15) is 49.8 Å². The molecule has 1 aromatic carbocycles. The molecule has 0 bridgehead atoms. The summed E-state index contributed by atoms with van der Waals surface area (Å²) in [6.45, 7) is 10.4. The zero-order valence-corrected chi connectivity index (χ0v) is 16.3. The fourth-order valence-electron chi connectivity index (χ4n) is 3.55. The number of fused-ring (bicyclic) bond motifs is 1. The van der Waals surface area contributed by atoms with Crippen molar-refractivity contribution in [2.24, 2.45) is 13.0 Å². The van der Waals surface area contributed by atoms with Crippen LogP contribution in [0, 0.1) is 5.92 Å². The molecule has 0 unspecified atom stereocenters. The quantitative estimate of drug-likeness (QED) is 0.849. The number of hydrogen-bond donors (Lipinski definition) is 0. The molecule has 2 aromatic rings. The second-order valence-corrected chi connectivity index (χ2v) is 7.66. The lowest BCUT2D eigenvalue weighted by molar-refractivity contribution is -0.135. The molecule has 2 heterocycles. The maximum atomic E-state index is 12.9. The molecule has 0 aliphatic carbocycles. The van der Waals surface area contributed by atoms with E-state index in [0.717, 1.165) is 16.9 Å². The molecule has 6 nitrogen and oxygen atoms in total. The van der Waals surface area contributed by atoms with Crippen molar-refractivity contribution in [1.82, 2.24) is 19.4 Å². The van der Waals surface area contributed by atoms with Crippen molar-refractivity contribution >= 4 is 22.8 Å². The average Bonchev–Trinajstić information content (AvgIpc) is 2.97. The van der Waals surface area contributed by atoms with Crippen molar-refractivity contribution in [3.63, 3.8) is 0 Å². The number of hydrogen-bond acceptors (Lipinski definition) is 3. The summed E-state index contributed by atoms with van der Waals surface area (Å²) in [6.07, 6.45) is 0. The molecule has 3 rings (SSSR count). The second kappa shape index (κ2) is 7.09. The summed E-state index contributed by atoms with van der Waals surface area (Å²) in [5, 5.41) is 0. The molecule has 140 valence electrons. The lowest BCUT2D eigenvalue weighted by Gasteiger charge is -2.35. The summed E-state index contributed by atoms with van der Waals surface area (Å²) >= 11 is 0. The molecule has 6 heteroatoms. The highest BCUT2D eigenvalue weighted by molar-refractivity contribution is 5.97. The Kier molecular flexibility index (Phi) is 5.03. The van der Waals surface area contributed by atoms with Gasteiger partial charge in [-0.25, -0.2) is 4.98 Å². The summed E-state index contributed by atoms with van der Waals surface area (Å²) in [4.78, 5) is 33.3. The Morgan fingerprint density at radius 2 is 1.62 bits per heavy atom. The van der Waals surface area contributed by atoms with E-state index in [2.05, 4.69) is 18.4 Å². The number of aryl methyl sites for hydroxylation is 1. The molecule has 1 saturated heterocycles. The number of aromatic nitrogens is 2. The highest BCUT2D eigenvalue weighted by Gasteiger charge is 2.26. The lowest BCUT2D eigenvalue weighted by Crippen LogP contribution is -2.51. The van der Waals surface area contributed by atoms with Gasteiger partial charge in [-0.05, 0) is 18.2 Å². The van der Waals surface area contributed by atoms with Gasteiger partial charge in [-0.3, -0.25) is 9.59 Å². The first-order chi connectivity index (χ1) is 12.3. The third-order valence-electron chi connectivity index (χ3n) is 5.05. The standard InChI is InChI=1S/C20H28N4O2/c1-13(2)18-21-16-12-15(6-7-17(16)22(18)5)20(26)24-10-8-23(9-11-24)19(25)14(3)4/h6-7,12-14H,8-11H2,1-5H3. The fourth-order valence-corrected chi connectivity index (χ4v) is 3.55. The van der Waals surface area contributed by atoms with E-state index in [1.807, 2.05) is 48.9 Å². The molecular formula is C20H28N4O2. The van der Waals surface area contributed by atoms with Crippen LogP contribution < -0.4 is 0 Å². The number of piperazine rings is 1. The molecule has 0 radical (unpaired) electrons. The van der Waals surface area contributed by atoms with Crippen LogP contribution >= 0.6 is 0 Å². The van der Waals surface area contributed by atoms with Gasteiger partial charge < -0.3 is 14.4 Å². The average molecular weight is 356 g/mol. The van der Waals surface area contributed by atoms with Gasteiger partial charge in [-0.1, -0.05) is 27.7 Å². The van der Waals surface area contributed by atoms with Crippen molar-refractivity contribution in [3.05, 3.63) is 29.6 Å². The maximum absolute atomic E-state index is 12.9. The zero-order chi connectivity index (χ0) is 19.0. The minimum atomic E-state index is -0.000957. The number of imidazole rings is 1. The summed E-state index contributed by atoms with van der Waals surface area (Å²) in [6, 6.07) is 5.73. The number of rotatable bonds is 3. The third kappa shape index (κ3) is 3.32. The molecule has 0 saturated carbocycles. The van der Waals surface area contributed by atoms with E-state index in [1.54, 1.807) is 0 Å². The molecule has 1 fully saturated rings. The zero-order valence-electron chi connectivity index (χ0n) is 16.3. The second-order valence-electron chi connectivity index (χ2n) is 7.66. The van der Waals surface area contributed by atoms with E-state index in [-0.39, 0.29) is 17.7 Å². The van der Waals surface area contributed by atoms with E-state index in [4.69, 9.17) is 4.98 Å². The predicted octanol–water partition coefficient (Wildman–Crippen LogP) is 2.64. The SMILES string of the molecule is CC(C)C(=O)N1CCN(C(=O)c2ccc3c(c2)nc(C(C)C)n3C)CC1. The van der Waals surface area contributed by atoms with Gasteiger partial charge in [0.2, 0.25) is 5.91 Å². The number of nitrogens with zero attached hydrogens (tertiary/aromatic N) is 4. The molecule has 26 heavy (non-hydrogen) atoms. The summed E-state index contributed by atoms with van der Waals surface area (Å²) in [5.74, 6) is 1.52. The van der Waals surface area contributed by atoms with Crippen LogP contribution in [0.25, 0.3) is 11.0 Å². The maximum Gasteiger partial charge on any atom is 0.254 e. The Labute approximate surface area is 154 Å². The first kappa shape index (κ1) is 18.4. The molecule has 0 spiro atoms. The van der Waals surface area contributed by atoms with Gasteiger partial charge >= 0.3 is 0 Å². The van der Waals surface area contributed by atoms with E-state index < -0.39 is 0 Å². The highest BCUT2D eigenvalue weighted by atomic mass is 16.2. The highest BCUT2D eigenvalue weighted by Crippen LogP contribution is 2.22. The third-order valence-corrected chi connectivity index (χ3v) is 5.05. The first-order valence-corrected chi connectivity index (χ1v) is 9.34. The van der Waals surface area contributed by atoms with Gasteiger partial charge in [0, 0.05) is 50.6 Å². The van der Waals surface area contributed by atoms with Gasteiger partial charge in [-0.2, -0.15) is 0 Å². The Bertz CT molecular complexity index is 830. The Morgan fingerprint density at radius 3 is 2.19 bits per heavy atom. The minimum absolute atomic E-state index is 0.000957. The van der Waals surface area contributed by atoms with Crippen molar-refractivity contribution < 1.29 is 9.59 Å². The summed E-state index contributed by atoms with van der Waals surface area (Å²) in [7, 11) is 2.01. The van der Waals surface area contributed by atoms with Crippen LogP contribution in [-0.4, -0.2) is 57.3 Å². The van der Waals surface area contributed by atoms with Gasteiger partial charge in [0.25, 0.3) is 5.91 Å². The molecule has 2 amide bonds. The van der Waals surface area contributed by atoms with Crippen LogP contribution in [0.15, 0.2) is 18.2 Å². The Morgan fingerprint density at radius 1 is 1.00 bits per heavy atom. The van der Waals surface area contributed by atoms with Crippen molar-refractivity contribution in [1.29, 1.82) is 0 Å². The van der Waals surface area contributed by atoms with Gasteiger partial charge in [0.1, 0.15) is 5.82 Å². The van der Waals surface area contributed by atoms with E-state index in [1.165, 1.54) is 0 Å². The largest absolute Gasteiger partial charge is 0.339 e.